The number of aromatic nitrogens is 2. The van der Waals surface area contributed by atoms with E-state index < -0.39 is 9.84 Å². The van der Waals surface area contributed by atoms with Crippen LogP contribution >= 0.6 is 0 Å². The maximum absolute atomic E-state index is 12.1. The van der Waals surface area contributed by atoms with Crippen molar-refractivity contribution >= 4 is 15.7 Å². The Labute approximate surface area is 118 Å². The molecule has 2 heterocycles. The molecule has 6 nitrogen and oxygen atoms in total. The van der Waals surface area contributed by atoms with Crippen LogP contribution in [0.1, 0.15) is 48.6 Å². The van der Waals surface area contributed by atoms with E-state index in [0.29, 0.717) is 18.2 Å². The highest BCUT2D eigenvalue weighted by atomic mass is 32.2. The van der Waals surface area contributed by atoms with Crippen molar-refractivity contribution in [3.63, 3.8) is 0 Å². The van der Waals surface area contributed by atoms with E-state index in [-0.39, 0.29) is 23.5 Å². The van der Waals surface area contributed by atoms with Crippen LogP contribution in [0.3, 0.4) is 0 Å². The molecule has 1 aromatic heterocycles. The molecular formula is C13H19N3O3S. The number of carbonyl (C=O) groups is 1. The first kappa shape index (κ1) is 13.6. The van der Waals surface area contributed by atoms with Crippen LogP contribution in [0.2, 0.25) is 0 Å². The van der Waals surface area contributed by atoms with E-state index in [9.17, 15) is 13.2 Å². The summed E-state index contributed by atoms with van der Waals surface area (Å²) in [6.07, 6.45) is 7.00. The summed E-state index contributed by atoms with van der Waals surface area (Å²) >= 11 is 0. The van der Waals surface area contributed by atoms with Gasteiger partial charge in [-0.15, -0.1) is 0 Å². The van der Waals surface area contributed by atoms with Gasteiger partial charge >= 0.3 is 0 Å². The van der Waals surface area contributed by atoms with E-state index in [0.717, 1.165) is 12.8 Å². The molecule has 1 unspecified atom stereocenters. The molecule has 7 heteroatoms. The van der Waals surface area contributed by atoms with Crippen molar-refractivity contribution < 1.29 is 13.2 Å². The highest BCUT2D eigenvalue weighted by molar-refractivity contribution is 7.91. The van der Waals surface area contributed by atoms with Crippen LogP contribution in [0.15, 0.2) is 12.3 Å². The van der Waals surface area contributed by atoms with Crippen LogP contribution in [0, 0.1) is 0 Å². The lowest BCUT2D eigenvalue weighted by Gasteiger charge is -2.10. The van der Waals surface area contributed by atoms with Crippen LogP contribution in [-0.4, -0.2) is 41.7 Å². The predicted octanol–water partition coefficient (Wildman–Crippen LogP) is 0.915. The van der Waals surface area contributed by atoms with Gasteiger partial charge < -0.3 is 5.32 Å². The van der Waals surface area contributed by atoms with Gasteiger partial charge in [0.1, 0.15) is 5.69 Å². The third-order valence-corrected chi connectivity index (χ3v) is 5.88. The molecule has 0 aromatic carbocycles. The second-order valence-electron chi connectivity index (χ2n) is 5.69. The Bertz CT molecular complexity index is 602. The Morgan fingerprint density at radius 1 is 1.30 bits per heavy atom. The highest BCUT2D eigenvalue weighted by Crippen LogP contribution is 2.28. The number of nitrogens with one attached hydrogen (secondary N) is 1. The summed E-state index contributed by atoms with van der Waals surface area (Å²) in [5.41, 5.74) is 0.376. The van der Waals surface area contributed by atoms with Gasteiger partial charge in [-0.3, -0.25) is 9.48 Å². The molecule has 1 atom stereocenters. The monoisotopic (exact) mass is 297 g/mol. The average Bonchev–Trinajstić information content (AvgIpc) is 3.08. The number of amides is 1. The third kappa shape index (κ3) is 2.87. The molecule has 3 rings (SSSR count). The smallest absolute Gasteiger partial charge is 0.272 e. The molecule has 20 heavy (non-hydrogen) atoms. The van der Waals surface area contributed by atoms with Crippen LogP contribution in [0.5, 0.6) is 0 Å². The van der Waals surface area contributed by atoms with Crippen molar-refractivity contribution in [1.29, 1.82) is 0 Å². The largest absolute Gasteiger partial charge is 0.347 e. The first-order valence-corrected chi connectivity index (χ1v) is 8.92. The molecule has 0 spiro atoms. The van der Waals surface area contributed by atoms with Crippen molar-refractivity contribution in [3.8, 4) is 0 Å². The van der Waals surface area contributed by atoms with E-state index in [4.69, 9.17) is 0 Å². The quantitative estimate of drug-likeness (QED) is 0.899. The van der Waals surface area contributed by atoms with Gasteiger partial charge in [0.05, 0.1) is 17.5 Å². The summed E-state index contributed by atoms with van der Waals surface area (Å²) in [5, 5.41) is 7.09. The number of hydrogen-bond donors (Lipinski definition) is 1. The number of hydrogen-bond acceptors (Lipinski definition) is 4. The fourth-order valence-corrected chi connectivity index (χ4v) is 4.67. The zero-order chi connectivity index (χ0) is 14.2. The molecule has 0 bridgehead atoms. The Morgan fingerprint density at radius 2 is 2.05 bits per heavy atom. The Balaban J connectivity index is 1.63. The Kier molecular flexibility index (Phi) is 3.54. The highest BCUT2D eigenvalue weighted by Gasteiger charge is 2.29. The fourth-order valence-electron chi connectivity index (χ4n) is 3.00. The van der Waals surface area contributed by atoms with Crippen molar-refractivity contribution in [2.24, 2.45) is 0 Å². The van der Waals surface area contributed by atoms with Gasteiger partial charge in [-0.05, 0) is 25.3 Å². The molecule has 1 amide bonds. The van der Waals surface area contributed by atoms with Gasteiger partial charge in [-0.1, -0.05) is 12.8 Å². The molecule has 1 saturated carbocycles. The molecule has 1 aliphatic heterocycles. The van der Waals surface area contributed by atoms with Crippen molar-refractivity contribution in [1.82, 2.24) is 15.1 Å². The zero-order valence-corrected chi connectivity index (χ0v) is 12.1. The first-order valence-electron chi connectivity index (χ1n) is 7.10. The number of sulfone groups is 1. The molecule has 1 aromatic rings. The van der Waals surface area contributed by atoms with Crippen molar-refractivity contribution in [2.45, 2.75) is 44.2 Å². The average molecular weight is 297 g/mol. The molecule has 1 saturated heterocycles. The predicted molar refractivity (Wildman–Crippen MR) is 74.3 cm³/mol. The normalized spacial score (nSPS) is 25.9. The van der Waals surface area contributed by atoms with Crippen LogP contribution in [-0.2, 0) is 9.84 Å². The second kappa shape index (κ2) is 5.20. The molecular weight excluding hydrogens is 278 g/mol. The first-order chi connectivity index (χ1) is 9.53. The number of carbonyl (C=O) groups excluding carboxylic acids is 1. The standard InChI is InChI=1S/C13H19N3O3S/c17-13(14-10-6-8-20(18,19)9-10)12-5-7-16(15-12)11-3-1-2-4-11/h5,7,10-11H,1-4,6,8-9H2,(H,14,17). The topological polar surface area (TPSA) is 81.1 Å². The zero-order valence-electron chi connectivity index (χ0n) is 11.3. The molecule has 1 aliphatic carbocycles. The number of rotatable bonds is 3. The summed E-state index contributed by atoms with van der Waals surface area (Å²) in [6.45, 7) is 0. The summed E-state index contributed by atoms with van der Waals surface area (Å²) in [4.78, 5) is 12.1. The Hall–Kier alpha value is -1.37. The maximum Gasteiger partial charge on any atom is 0.272 e. The molecule has 2 aliphatic rings. The van der Waals surface area contributed by atoms with Gasteiger partial charge in [-0.2, -0.15) is 5.10 Å². The minimum atomic E-state index is -2.97. The van der Waals surface area contributed by atoms with E-state index >= 15 is 0 Å². The van der Waals surface area contributed by atoms with Gasteiger partial charge in [0.15, 0.2) is 9.84 Å². The van der Waals surface area contributed by atoms with E-state index in [1.807, 2.05) is 10.9 Å². The molecule has 0 radical (unpaired) electrons. The SMILES string of the molecule is O=C(NC1CCS(=O)(=O)C1)c1ccn(C2CCCC2)n1. The van der Waals surface area contributed by atoms with Crippen molar-refractivity contribution in [2.75, 3.05) is 11.5 Å². The lowest BCUT2D eigenvalue weighted by molar-refractivity contribution is 0.0935. The summed E-state index contributed by atoms with van der Waals surface area (Å²) in [7, 11) is -2.97. The summed E-state index contributed by atoms with van der Waals surface area (Å²) in [5.74, 6) is -0.0693. The second-order valence-corrected chi connectivity index (χ2v) is 7.92. The molecule has 1 N–H and O–H groups in total. The van der Waals surface area contributed by atoms with Gasteiger partial charge in [0.2, 0.25) is 0 Å². The fraction of sp³-hybridized carbons (Fsp3) is 0.692. The Morgan fingerprint density at radius 3 is 2.70 bits per heavy atom. The molecule has 110 valence electrons. The van der Waals surface area contributed by atoms with Crippen LogP contribution in [0.4, 0.5) is 0 Å². The minimum absolute atomic E-state index is 0.0437. The number of nitrogens with zero attached hydrogens (tertiary/aromatic N) is 2. The summed E-state index contributed by atoms with van der Waals surface area (Å²) in [6, 6.07) is 1.84. The van der Waals surface area contributed by atoms with E-state index in [1.165, 1.54) is 12.8 Å². The lowest BCUT2D eigenvalue weighted by atomic mass is 10.2. The van der Waals surface area contributed by atoms with Gasteiger partial charge in [0.25, 0.3) is 5.91 Å². The van der Waals surface area contributed by atoms with Gasteiger partial charge in [0, 0.05) is 12.2 Å². The van der Waals surface area contributed by atoms with Crippen LogP contribution in [0.25, 0.3) is 0 Å². The minimum Gasteiger partial charge on any atom is -0.347 e. The van der Waals surface area contributed by atoms with E-state index in [2.05, 4.69) is 10.4 Å². The maximum atomic E-state index is 12.1. The van der Waals surface area contributed by atoms with Crippen LogP contribution < -0.4 is 5.32 Å². The van der Waals surface area contributed by atoms with Gasteiger partial charge in [-0.25, -0.2) is 8.42 Å². The summed E-state index contributed by atoms with van der Waals surface area (Å²) < 4.78 is 24.6. The van der Waals surface area contributed by atoms with Crippen molar-refractivity contribution in [3.05, 3.63) is 18.0 Å². The third-order valence-electron chi connectivity index (χ3n) is 4.11. The molecule has 2 fully saturated rings. The lowest BCUT2D eigenvalue weighted by Crippen LogP contribution is -2.35. The van der Waals surface area contributed by atoms with E-state index in [1.54, 1.807) is 6.07 Å².